The number of H-pyrrole nitrogens is 1. The van der Waals surface area contributed by atoms with E-state index in [-0.39, 0.29) is 28.6 Å². The minimum Gasteiger partial charge on any atom is -0.442 e. The number of amides is 1. The minimum atomic E-state index is -0.467. The van der Waals surface area contributed by atoms with E-state index in [4.69, 9.17) is 9.40 Å². The molecule has 1 saturated carbocycles. The van der Waals surface area contributed by atoms with Crippen molar-refractivity contribution in [2.75, 3.05) is 19.8 Å². The van der Waals surface area contributed by atoms with Crippen molar-refractivity contribution in [3.05, 3.63) is 64.4 Å². The molecule has 0 bridgehead atoms. The number of halogens is 1. The molecule has 0 radical (unpaired) electrons. The van der Waals surface area contributed by atoms with Gasteiger partial charge in [-0.1, -0.05) is 43.5 Å². The molecule has 1 N–H and O–H groups in total. The highest BCUT2D eigenvalue weighted by molar-refractivity contribution is 6.05. The number of hydrogen-bond donors (Lipinski definition) is 1. The molecule has 180 valence electrons. The summed E-state index contributed by atoms with van der Waals surface area (Å²) in [7, 11) is 0. The van der Waals surface area contributed by atoms with Gasteiger partial charge in [-0.2, -0.15) is 0 Å². The van der Waals surface area contributed by atoms with Crippen molar-refractivity contribution in [3.8, 4) is 22.7 Å². The Morgan fingerprint density at radius 2 is 1.91 bits per heavy atom. The van der Waals surface area contributed by atoms with Crippen molar-refractivity contribution in [3.63, 3.8) is 0 Å². The van der Waals surface area contributed by atoms with Crippen molar-refractivity contribution in [1.29, 1.82) is 0 Å². The Morgan fingerprint density at radius 3 is 2.60 bits per heavy atom. The van der Waals surface area contributed by atoms with Crippen molar-refractivity contribution in [2.45, 2.75) is 38.0 Å². The van der Waals surface area contributed by atoms with Gasteiger partial charge in [0.1, 0.15) is 11.3 Å². The number of aromatic nitrogens is 4. The lowest BCUT2D eigenvalue weighted by atomic mass is 9.84. The van der Waals surface area contributed by atoms with Crippen LogP contribution in [0.1, 0.15) is 53.9 Å². The molecule has 2 fully saturated rings. The number of carbonyl (C=O) groups is 1. The van der Waals surface area contributed by atoms with E-state index in [1.54, 1.807) is 4.90 Å². The van der Waals surface area contributed by atoms with Crippen LogP contribution in [0.5, 0.6) is 0 Å². The van der Waals surface area contributed by atoms with Gasteiger partial charge >= 0.3 is 0 Å². The maximum absolute atomic E-state index is 13.4. The number of nitrogens with zero attached hydrogens (tertiary/aromatic N) is 4. The minimum absolute atomic E-state index is 0.160. The fourth-order valence-electron chi connectivity index (χ4n) is 5.26. The smallest absolute Gasteiger partial charge is 0.273 e. The second kappa shape index (κ2) is 8.79. The van der Waals surface area contributed by atoms with Gasteiger partial charge in [0.05, 0.1) is 18.6 Å². The van der Waals surface area contributed by atoms with E-state index in [0.29, 0.717) is 36.2 Å². The summed E-state index contributed by atoms with van der Waals surface area (Å²) in [6.07, 6.45) is 8.99. The lowest BCUT2D eigenvalue weighted by molar-refractivity contribution is 0.0455. The summed E-state index contributed by atoms with van der Waals surface area (Å²) in [5.74, 6) is 0.421. The average molecular weight is 476 g/mol. The van der Waals surface area contributed by atoms with Gasteiger partial charge in [-0.05, 0) is 24.3 Å². The van der Waals surface area contributed by atoms with Gasteiger partial charge in [0, 0.05) is 30.6 Å². The van der Waals surface area contributed by atoms with Gasteiger partial charge in [-0.15, -0.1) is 0 Å². The van der Waals surface area contributed by atoms with E-state index in [9.17, 15) is 14.0 Å². The SMILES string of the molecule is O=C(c1c(-c2cnco2)[nH]n2c(=O)cc(-c3ccc(C4CCCCC4)cc3)nc12)N1CC(CF)C1. The first-order valence-electron chi connectivity index (χ1n) is 12.1. The normalized spacial score (nSPS) is 17.1. The van der Waals surface area contributed by atoms with Crippen LogP contribution in [-0.4, -0.2) is 50.2 Å². The maximum Gasteiger partial charge on any atom is 0.273 e. The molecule has 2 aliphatic rings. The topological polar surface area (TPSA) is 96.5 Å². The third kappa shape index (κ3) is 3.84. The van der Waals surface area contributed by atoms with Gasteiger partial charge in [-0.3, -0.25) is 19.1 Å². The van der Waals surface area contributed by atoms with E-state index >= 15 is 0 Å². The number of rotatable bonds is 5. The van der Waals surface area contributed by atoms with Crippen LogP contribution in [0.3, 0.4) is 0 Å². The molecule has 0 unspecified atom stereocenters. The molecule has 8 nitrogen and oxygen atoms in total. The third-order valence-corrected chi connectivity index (χ3v) is 7.25. The summed E-state index contributed by atoms with van der Waals surface area (Å²) in [6, 6.07) is 9.69. The molecule has 0 atom stereocenters. The molecule has 1 amide bonds. The van der Waals surface area contributed by atoms with Crippen molar-refractivity contribution >= 4 is 11.6 Å². The van der Waals surface area contributed by atoms with Gasteiger partial charge in [0.25, 0.3) is 11.5 Å². The number of nitrogens with one attached hydrogen (secondary N) is 1. The predicted octanol–water partition coefficient (Wildman–Crippen LogP) is 4.43. The third-order valence-electron chi connectivity index (χ3n) is 7.25. The Morgan fingerprint density at radius 1 is 1.14 bits per heavy atom. The van der Waals surface area contributed by atoms with Crippen LogP contribution in [0.2, 0.25) is 0 Å². The first kappa shape index (κ1) is 21.8. The summed E-state index contributed by atoms with van der Waals surface area (Å²) in [5.41, 5.74) is 3.04. The number of carbonyl (C=O) groups excluding carboxylic acids is 1. The first-order chi connectivity index (χ1) is 17.1. The number of aromatic amines is 1. The highest BCUT2D eigenvalue weighted by atomic mass is 19.1. The number of fused-ring (bicyclic) bond motifs is 1. The number of likely N-dealkylation sites (tertiary alicyclic amines) is 1. The van der Waals surface area contributed by atoms with Gasteiger partial charge in [0.2, 0.25) is 0 Å². The molecular weight excluding hydrogens is 449 g/mol. The lowest BCUT2D eigenvalue weighted by Crippen LogP contribution is -2.50. The molecule has 6 rings (SSSR count). The van der Waals surface area contributed by atoms with Gasteiger partial charge in [-0.25, -0.2) is 14.5 Å². The molecule has 4 heterocycles. The quantitative estimate of drug-likeness (QED) is 0.461. The van der Waals surface area contributed by atoms with E-state index in [2.05, 4.69) is 22.2 Å². The zero-order valence-electron chi connectivity index (χ0n) is 19.2. The number of oxazole rings is 1. The number of hydrogen-bond acceptors (Lipinski definition) is 5. The second-order valence-corrected chi connectivity index (χ2v) is 9.55. The summed E-state index contributed by atoms with van der Waals surface area (Å²) in [5, 5.41) is 2.96. The van der Waals surface area contributed by atoms with Crippen LogP contribution in [0.15, 0.2) is 52.1 Å². The summed E-state index contributed by atoms with van der Waals surface area (Å²) in [6.45, 7) is 0.190. The van der Waals surface area contributed by atoms with Crippen LogP contribution in [-0.2, 0) is 0 Å². The zero-order chi connectivity index (χ0) is 23.9. The molecule has 0 spiro atoms. The summed E-state index contributed by atoms with van der Waals surface area (Å²) < 4.78 is 19.7. The van der Waals surface area contributed by atoms with Crippen LogP contribution >= 0.6 is 0 Å². The number of benzene rings is 1. The van der Waals surface area contributed by atoms with E-state index in [1.165, 1.54) is 60.8 Å². The van der Waals surface area contributed by atoms with Crippen LogP contribution in [0.25, 0.3) is 28.4 Å². The fourth-order valence-corrected chi connectivity index (χ4v) is 5.26. The van der Waals surface area contributed by atoms with Crippen LogP contribution < -0.4 is 5.56 Å². The van der Waals surface area contributed by atoms with Gasteiger partial charge < -0.3 is 9.32 Å². The summed E-state index contributed by atoms with van der Waals surface area (Å²) >= 11 is 0. The molecule has 1 aliphatic heterocycles. The Balaban J connectivity index is 1.42. The van der Waals surface area contributed by atoms with E-state index in [1.807, 2.05) is 12.1 Å². The Bertz CT molecular complexity index is 1410. The van der Waals surface area contributed by atoms with Crippen molar-refractivity contribution in [2.24, 2.45) is 5.92 Å². The van der Waals surface area contributed by atoms with E-state index < -0.39 is 6.67 Å². The van der Waals surface area contributed by atoms with Gasteiger partial charge in [0.15, 0.2) is 17.8 Å². The Labute approximate surface area is 200 Å². The molecule has 4 aromatic rings. The zero-order valence-corrected chi connectivity index (χ0v) is 19.2. The number of alkyl halides is 1. The second-order valence-electron chi connectivity index (χ2n) is 9.55. The first-order valence-corrected chi connectivity index (χ1v) is 12.1. The Kier molecular flexibility index (Phi) is 5.47. The van der Waals surface area contributed by atoms with Crippen molar-refractivity contribution < 1.29 is 13.6 Å². The Hall–Kier alpha value is -3.75. The largest absolute Gasteiger partial charge is 0.442 e. The standard InChI is InChI=1S/C26H26FN5O3/c27-11-16-13-31(14-16)26(34)23-24(21-12-28-15-35-21)30-32-22(33)10-20(29-25(23)32)19-8-6-18(7-9-19)17-4-2-1-3-5-17/h6-10,12,15-17,30H,1-5,11,13-14H2. The molecule has 9 heteroatoms. The molecular formula is C26H26FN5O3. The molecule has 35 heavy (non-hydrogen) atoms. The molecule has 1 saturated heterocycles. The average Bonchev–Trinajstić information content (AvgIpc) is 3.52. The van der Waals surface area contributed by atoms with Crippen LogP contribution in [0.4, 0.5) is 4.39 Å². The molecule has 1 aliphatic carbocycles. The molecule has 3 aromatic heterocycles. The van der Waals surface area contributed by atoms with Crippen molar-refractivity contribution in [1.82, 2.24) is 24.5 Å². The maximum atomic E-state index is 13.4. The highest BCUT2D eigenvalue weighted by Crippen LogP contribution is 2.34. The lowest BCUT2D eigenvalue weighted by Gasteiger charge is -2.37. The summed E-state index contributed by atoms with van der Waals surface area (Å²) in [4.78, 5) is 36.7. The van der Waals surface area contributed by atoms with E-state index in [0.717, 1.165) is 5.56 Å². The fraction of sp³-hybridized carbons (Fsp3) is 0.385. The molecule has 1 aromatic carbocycles. The highest BCUT2D eigenvalue weighted by Gasteiger charge is 2.35. The predicted molar refractivity (Wildman–Crippen MR) is 128 cm³/mol. The monoisotopic (exact) mass is 475 g/mol. The van der Waals surface area contributed by atoms with Crippen LogP contribution in [0, 0.1) is 5.92 Å².